The van der Waals surface area contributed by atoms with Crippen LogP contribution in [0.1, 0.15) is 0 Å². The molecule has 3 aromatic heterocycles. The second-order valence-corrected chi connectivity index (χ2v) is 9.11. The maximum absolute atomic E-state index is 14.7. The number of halogens is 2. The number of likely N-dealkylation sites (N-methyl/N-ethyl adjacent to an activating group) is 1. The quantitative estimate of drug-likeness (QED) is 0.399. The smallest absolute Gasteiger partial charge is 0.281 e. The largest absolute Gasteiger partial charge is 0.369 e. The number of benzene rings is 2. The van der Waals surface area contributed by atoms with Crippen LogP contribution < -0.4 is 15.8 Å². The van der Waals surface area contributed by atoms with Crippen LogP contribution >= 0.6 is 11.6 Å². The topological polar surface area (TPSA) is 83.6 Å². The fourth-order valence-electron chi connectivity index (χ4n) is 4.46. The van der Waals surface area contributed by atoms with Gasteiger partial charge in [-0.1, -0.05) is 17.7 Å². The normalized spacial score (nSPS) is 14.6. The van der Waals surface area contributed by atoms with Gasteiger partial charge in [-0.25, -0.2) is 28.5 Å². The minimum Gasteiger partial charge on any atom is -0.369 e. The van der Waals surface area contributed by atoms with Crippen molar-refractivity contribution in [3.05, 3.63) is 82.2 Å². The molecule has 0 spiro atoms. The Morgan fingerprint density at radius 2 is 1.81 bits per heavy atom. The summed E-state index contributed by atoms with van der Waals surface area (Å²) in [5.74, 6) is -0.306. The van der Waals surface area contributed by atoms with Crippen LogP contribution in [0.2, 0.25) is 5.02 Å². The van der Waals surface area contributed by atoms with Crippen LogP contribution in [0.4, 0.5) is 21.7 Å². The molecule has 6 rings (SSSR count). The van der Waals surface area contributed by atoms with Gasteiger partial charge < -0.3 is 15.1 Å². The zero-order valence-corrected chi connectivity index (χ0v) is 20.2. The number of imidazole rings is 1. The minimum absolute atomic E-state index is 0.0586. The number of nitrogens with zero attached hydrogens (tertiary/aromatic N) is 7. The highest BCUT2D eigenvalue weighted by molar-refractivity contribution is 6.32. The minimum atomic E-state index is -0.627. The molecule has 0 radical (unpaired) electrons. The van der Waals surface area contributed by atoms with Gasteiger partial charge in [0, 0.05) is 56.1 Å². The van der Waals surface area contributed by atoms with E-state index in [1.54, 1.807) is 6.20 Å². The maximum Gasteiger partial charge on any atom is 0.281 e. The van der Waals surface area contributed by atoms with Gasteiger partial charge in [0.2, 0.25) is 5.95 Å². The number of rotatable bonds is 4. The first-order valence-corrected chi connectivity index (χ1v) is 11.9. The number of hydrogen-bond acceptors (Lipinski definition) is 7. The van der Waals surface area contributed by atoms with Gasteiger partial charge in [0.1, 0.15) is 17.0 Å². The fraction of sp³-hybridized carbons (Fsp3) is 0.200. The van der Waals surface area contributed by atoms with Crippen molar-refractivity contribution < 1.29 is 4.39 Å². The molecule has 36 heavy (non-hydrogen) atoms. The standard InChI is InChI=1S/C25H22ClFN8O/c1-32-11-13-33(14-12-32)17-7-5-16(6-8-17)30-25-29-15-18-21(31-25)23-28-9-10-34(23)35(24(18)36)22-19(26)3-2-4-20(22)27/h2-10,15H,11-14H2,1H3,(H,29,30,31). The highest BCUT2D eigenvalue weighted by atomic mass is 35.5. The lowest BCUT2D eigenvalue weighted by Gasteiger charge is -2.34. The fourth-order valence-corrected chi connectivity index (χ4v) is 4.70. The summed E-state index contributed by atoms with van der Waals surface area (Å²) >= 11 is 6.26. The summed E-state index contributed by atoms with van der Waals surface area (Å²) in [7, 11) is 2.13. The molecule has 1 aliphatic heterocycles. The summed E-state index contributed by atoms with van der Waals surface area (Å²) in [6, 6.07) is 12.3. The van der Waals surface area contributed by atoms with E-state index in [2.05, 4.69) is 49.2 Å². The summed E-state index contributed by atoms with van der Waals surface area (Å²) in [5.41, 5.74) is 2.14. The number of nitrogens with one attached hydrogen (secondary N) is 1. The third-order valence-electron chi connectivity index (χ3n) is 6.40. The van der Waals surface area contributed by atoms with E-state index in [9.17, 15) is 9.18 Å². The molecule has 1 saturated heterocycles. The summed E-state index contributed by atoms with van der Waals surface area (Å²) < 4.78 is 17.3. The summed E-state index contributed by atoms with van der Waals surface area (Å²) in [6.45, 7) is 4.07. The average molecular weight is 505 g/mol. The van der Waals surface area contributed by atoms with Crippen molar-refractivity contribution in [2.45, 2.75) is 0 Å². The van der Waals surface area contributed by atoms with E-state index < -0.39 is 11.4 Å². The number of piperazine rings is 1. The van der Waals surface area contributed by atoms with Gasteiger partial charge in [-0.05, 0) is 43.4 Å². The SMILES string of the molecule is CN1CCN(c2ccc(Nc3ncc4c(=O)n(-c5c(F)cccc5Cl)n5ccnc5c4n3)cc2)CC1. The van der Waals surface area contributed by atoms with Crippen molar-refractivity contribution in [3.63, 3.8) is 0 Å². The number of hydrogen-bond donors (Lipinski definition) is 1. The molecule has 0 atom stereocenters. The van der Waals surface area contributed by atoms with Gasteiger partial charge in [-0.3, -0.25) is 4.79 Å². The molecule has 1 fully saturated rings. The number of para-hydroxylation sites is 1. The molecule has 1 aliphatic rings. The Balaban J connectivity index is 1.36. The molecular formula is C25H22ClFN8O. The van der Waals surface area contributed by atoms with E-state index in [0.29, 0.717) is 17.1 Å². The average Bonchev–Trinajstić information content (AvgIpc) is 3.37. The molecule has 2 aromatic carbocycles. The van der Waals surface area contributed by atoms with Crippen LogP contribution in [0.15, 0.2) is 65.8 Å². The zero-order valence-electron chi connectivity index (χ0n) is 19.4. The molecule has 4 heterocycles. The molecule has 0 aliphatic carbocycles. The molecule has 5 aromatic rings. The van der Waals surface area contributed by atoms with Crippen LogP contribution in [-0.4, -0.2) is 62.3 Å². The van der Waals surface area contributed by atoms with Crippen molar-refractivity contribution in [1.82, 2.24) is 29.0 Å². The Bertz CT molecular complexity index is 1620. The van der Waals surface area contributed by atoms with Gasteiger partial charge in [-0.2, -0.15) is 0 Å². The molecular weight excluding hydrogens is 483 g/mol. The first-order chi connectivity index (χ1) is 17.5. The van der Waals surface area contributed by atoms with Crippen LogP contribution in [-0.2, 0) is 0 Å². The van der Waals surface area contributed by atoms with E-state index >= 15 is 0 Å². The molecule has 0 bridgehead atoms. The highest BCUT2D eigenvalue weighted by Crippen LogP contribution is 2.25. The third kappa shape index (κ3) is 3.84. The zero-order chi connectivity index (χ0) is 24.8. The van der Waals surface area contributed by atoms with E-state index in [0.717, 1.165) is 36.5 Å². The molecule has 1 N–H and O–H groups in total. The van der Waals surface area contributed by atoms with Crippen LogP contribution in [0, 0.1) is 5.82 Å². The Morgan fingerprint density at radius 1 is 1.03 bits per heavy atom. The van der Waals surface area contributed by atoms with Gasteiger partial charge >= 0.3 is 0 Å². The van der Waals surface area contributed by atoms with Gasteiger partial charge in [0.25, 0.3) is 5.56 Å². The molecule has 11 heteroatoms. The van der Waals surface area contributed by atoms with E-state index in [-0.39, 0.29) is 16.1 Å². The third-order valence-corrected chi connectivity index (χ3v) is 6.71. The van der Waals surface area contributed by atoms with Crippen LogP contribution in [0.25, 0.3) is 22.2 Å². The molecule has 0 amide bonds. The first-order valence-electron chi connectivity index (χ1n) is 11.5. The Kier molecular flexibility index (Phi) is 5.54. The Hall–Kier alpha value is -4.02. The maximum atomic E-state index is 14.7. The number of anilines is 3. The van der Waals surface area contributed by atoms with Crippen LogP contribution in [0.5, 0.6) is 0 Å². The number of aromatic nitrogens is 5. The molecule has 0 unspecified atom stereocenters. The summed E-state index contributed by atoms with van der Waals surface area (Å²) in [5, 5.41) is 3.50. The predicted octanol–water partition coefficient (Wildman–Crippen LogP) is 3.72. The Morgan fingerprint density at radius 3 is 2.56 bits per heavy atom. The molecule has 0 saturated carbocycles. The van der Waals surface area contributed by atoms with E-state index in [4.69, 9.17) is 11.6 Å². The van der Waals surface area contributed by atoms with Gasteiger partial charge in [-0.15, -0.1) is 0 Å². The lowest BCUT2D eigenvalue weighted by molar-refractivity contribution is 0.313. The second-order valence-electron chi connectivity index (χ2n) is 8.70. The van der Waals surface area contributed by atoms with Crippen LogP contribution in [0.3, 0.4) is 0 Å². The van der Waals surface area contributed by atoms with Gasteiger partial charge in [0.05, 0.1) is 10.4 Å². The van der Waals surface area contributed by atoms with Crippen molar-refractivity contribution in [1.29, 1.82) is 0 Å². The lowest BCUT2D eigenvalue weighted by atomic mass is 10.2. The molecule has 9 nitrogen and oxygen atoms in total. The lowest BCUT2D eigenvalue weighted by Crippen LogP contribution is -2.44. The predicted molar refractivity (Wildman–Crippen MR) is 138 cm³/mol. The highest BCUT2D eigenvalue weighted by Gasteiger charge is 2.20. The first kappa shape index (κ1) is 22.4. The second kappa shape index (κ2) is 8.89. The van der Waals surface area contributed by atoms with Gasteiger partial charge in [0.15, 0.2) is 5.65 Å². The number of fused-ring (bicyclic) bond motifs is 3. The van der Waals surface area contributed by atoms with E-state index in [1.807, 2.05) is 12.1 Å². The van der Waals surface area contributed by atoms with Crippen molar-refractivity contribution in [3.8, 4) is 5.69 Å². The van der Waals surface area contributed by atoms with Crippen molar-refractivity contribution >= 4 is 45.5 Å². The summed E-state index contributed by atoms with van der Waals surface area (Å²) in [6.07, 6.45) is 4.50. The molecule has 182 valence electrons. The van der Waals surface area contributed by atoms with Crippen molar-refractivity contribution in [2.75, 3.05) is 43.4 Å². The summed E-state index contributed by atoms with van der Waals surface area (Å²) in [4.78, 5) is 31.4. The van der Waals surface area contributed by atoms with Crippen molar-refractivity contribution in [2.24, 2.45) is 0 Å². The Labute approximate surface area is 210 Å². The monoisotopic (exact) mass is 504 g/mol. The van der Waals surface area contributed by atoms with E-state index in [1.165, 1.54) is 40.8 Å².